The van der Waals surface area contributed by atoms with Gasteiger partial charge in [0.25, 0.3) is 0 Å². The molecule has 0 aliphatic heterocycles. The molecule has 0 spiro atoms. The zero-order chi connectivity index (χ0) is 14.8. The van der Waals surface area contributed by atoms with E-state index in [2.05, 4.69) is 19.9 Å². The van der Waals surface area contributed by atoms with Crippen molar-refractivity contribution in [3.63, 3.8) is 0 Å². The molecule has 4 N–H and O–H groups in total. The van der Waals surface area contributed by atoms with Crippen molar-refractivity contribution in [2.75, 3.05) is 0 Å². The Morgan fingerprint density at radius 2 is 2.10 bits per heavy atom. The lowest BCUT2D eigenvalue weighted by molar-refractivity contribution is 0.578. The molecule has 0 saturated carbocycles. The van der Waals surface area contributed by atoms with Crippen LogP contribution in [0.15, 0.2) is 23.4 Å². The number of nitrogens with two attached hydrogens (primary N) is 1. The molecule has 108 valence electrons. The molecule has 2 aromatic rings. The van der Waals surface area contributed by atoms with Gasteiger partial charge in [0.15, 0.2) is 0 Å². The highest BCUT2D eigenvalue weighted by Gasteiger charge is 2.19. The quantitative estimate of drug-likeness (QED) is 0.737. The maximum absolute atomic E-state index is 12.4. The Balaban J connectivity index is 2.31. The van der Waals surface area contributed by atoms with Crippen LogP contribution in [0.1, 0.15) is 22.5 Å². The Bertz CT molecular complexity index is 695. The van der Waals surface area contributed by atoms with Crippen LogP contribution in [-0.2, 0) is 23.1 Å². The van der Waals surface area contributed by atoms with Crippen LogP contribution >= 0.6 is 0 Å². The van der Waals surface area contributed by atoms with Crippen molar-refractivity contribution in [1.82, 2.24) is 19.9 Å². The molecule has 0 fully saturated rings. The Morgan fingerprint density at radius 3 is 2.70 bits per heavy atom. The van der Waals surface area contributed by atoms with E-state index in [1.54, 1.807) is 13.0 Å². The fourth-order valence-corrected chi connectivity index (χ4v) is 3.21. The Labute approximate surface area is 117 Å². The van der Waals surface area contributed by atoms with E-state index in [4.69, 9.17) is 5.73 Å². The SMILES string of the molecule is Cc1cc(CN)cc(S(=O)(=O)NCc2ncn[nH]2)c1C. The molecule has 1 heterocycles. The summed E-state index contributed by atoms with van der Waals surface area (Å²) in [4.78, 5) is 4.12. The molecular formula is C12H17N5O2S. The van der Waals surface area contributed by atoms with Crippen LogP contribution in [0.2, 0.25) is 0 Å². The summed E-state index contributed by atoms with van der Waals surface area (Å²) in [5.41, 5.74) is 7.99. The lowest BCUT2D eigenvalue weighted by atomic mass is 10.1. The largest absolute Gasteiger partial charge is 0.326 e. The third-order valence-electron chi connectivity index (χ3n) is 3.10. The number of aromatic nitrogens is 3. The maximum Gasteiger partial charge on any atom is 0.241 e. The van der Waals surface area contributed by atoms with Crippen LogP contribution in [0.5, 0.6) is 0 Å². The zero-order valence-electron chi connectivity index (χ0n) is 11.3. The van der Waals surface area contributed by atoms with Gasteiger partial charge in [-0.2, -0.15) is 5.10 Å². The van der Waals surface area contributed by atoms with Crippen molar-refractivity contribution in [3.8, 4) is 0 Å². The van der Waals surface area contributed by atoms with Crippen molar-refractivity contribution < 1.29 is 8.42 Å². The third-order valence-corrected chi connectivity index (χ3v) is 4.63. The van der Waals surface area contributed by atoms with E-state index in [1.165, 1.54) is 6.33 Å². The molecule has 0 unspecified atom stereocenters. The molecule has 0 aliphatic rings. The van der Waals surface area contributed by atoms with Crippen molar-refractivity contribution in [1.29, 1.82) is 0 Å². The molecular weight excluding hydrogens is 278 g/mol. The van der Waals surface area contributed by atoms with Crippen LogP contribution in [0, 0.1) is 13.8 Å². The summed E-state index contributed by atoms with van der Waals surface area (Å²) in [6.07, 6.45) is 1.33. The summed E-state index contributed by atoms with van der Waals surface area (Å²) >= 11 is 0. The predicted octanol–water partition coefficient (Wildman–Crippen LogP) is 0.359. The molecule has 0 radical (unpaired) electrons. The van der Waals surface area contributed by atoms with Gasteiger partial charge in [-0.1, -0.05) is 6.07 Å². The van der Waals surface area contributed by atoms with Gasteiger partial charge < -0.3 is 5.73 Å². The minimum absolute atomic E-state index is 0.0632. The second kappa shape index (κ2) is 5.70. The van der Waals surface area contributed by atoms with Crippen LogP contribution in [0.25, 0.3) is 0 Å². The monoisotopic (exact) mass is 295 g/mol. The summed E-state index contributed by atoms with van der Waals surface area (Å²) in [5.74, 6) is 0.456. The second-order valence-electron chi connectivity index (χ2n) is 4.50. The van der Waals surface area contributed by atoms with Gasteiger partial charge in [0.2, 0.25) is 10.0 Å². The average Bonchev–Trinajstić information content (AvgIpc) is 2.92. The first kappa shape index (κ1) is 14.6. The number of sulfonamides is 1. The zero-order valence-corrected chi connectivity index (χ0v) is 12.2. The first-order chi connectivity index (χ1) is 9.44. The maximum atomic E-state index is 12.4. The number of hydrogen-bond donors (Lipinski definition) is 3. The molecule has 0 saturated heterocycles. The summed E-state index contributed by atoms with van der Waals surface area (Å²) in [6, 6.07) is 3.50. The summed E-state index contributed by atoms with van der Waals surface area (Å²) < 4.78 is 27.2. The highest BCUT2D eigenvalue weighted by molar-refractivity contribution is 7.89. The molecule has 0 atom stereocenters. The fourth-order valence-electron chi connectivity index (χ4n) is 1.85. The fraction of sp³-hybridized carbons (Fsp3) is 0.333. The molecule has 8 heteroatoms. The minimum Gasteiger partial charge on any atom is -0.326 e. The summed E-state index contributed by atoms with van der Waals surface area (Å²) in [5, 5.41) is 6.27. The van der Waals surface area contributed by atoms with Gasteiger partial charge in [-0.3, -0.25) is 5.10 Å². The summed E-state index contributed by atoms with van der Waals surface area (Å²) in [6.45, 7) is 4.00. The van der Waals surface area contributed by atoms with Crippen molar-refractivity contribution >= 4 is 10.0 Å². The minimum atomic E-state index is -3.62. The van der Waals surface area contributed by atoms with E-state index in [0.717, 1.165) is 11.1 Å². The highest BCUT2D eigenvalue weighted by Crippen LogP contribution is 2.21. The van der Waals surface area contributed by atoms with Crippen LogP contribution in [0.3, 0.4) is 0 Å². The van der Waals surface area contributed by atoms with Gasteiger partial charge in [0.05, 0.1) is 11.4 Å². The lowest BCUT2D eigenvalue weighted by Gasteiger charge is -2.12. The smallest absolute Gasteiger partial charge is 0.241 e. The van der Waals surface area contributed by atoms with Gasteiger partial charge in [-0.15, -0.1) is 0 Å². The van der Waals surface area contributed by atoms with Crippen LogP contribution < -0.4 is 10.5 Å². The number of nitrogens with one attached hydrogen (secondary N) is 2. The first-order valence-electron chi connectivity index (χ1n) is 6.08. The third kappa shape index (κ3) is 3.03. The van der Waals surface area contributed by atoms with Gasteiger partial charge in [-0.05, 0) is 36.6 Å². The highest BCUT2D eigenvalue weighted by atomic mass is 32.2. The normalized spacial score (nSPS) is 11.8. The number of hydrogen-bond acceptors (Lipinski definition) is 5. The van der Waals surface area contributed by atoms with Gasteiger partial charge in [0, 0.05) is 6.54 Å². The second-order valence-corrected chi connectivity index (χ2v) is 6.23. The van der Waals surface area contributed by atoms with Crippen molar-refractivity contribution in [2.24, 2.45) is 5.73 Å². The number of rotatable bonds is 5. The Hall–Kier alpha value is -1.77. The Morgan fingerprint density at radius 1 is 1.35 bits per heavy atom. The van der Waals surface area contributed by atoms with Gasteiger partial charge in [-0.25, -0.2) is 18.1 Å². The molecule has 0 amide bonds. The molecule has 1 aromatic carbocycles. The molecule has 0 bridgehead atoms. The molecule has 7 nitrogen and oxygen atoms in total. The van der Waals surface area contributed by atoms with E-state index in [-0.39, 0.29) is 11.4 Å². The number of aryl methyl sites for hydroxylation is 1. The van der Waals surface area contributed by atoms with E-state index in [9.17, 15) is 8.42 Å². The van der Waals surface area contributed by atoms with E-state index < -0.39 is 10.0 Å². The van der Waals surface area contributed by atoms with E-state index >= 15 is 0 Å². The van der Waals surface area contributed by atoms with Crippen LogP contribution in [-0.4, -0.2) is 23.6 Å². The number of H-pyrrole nitrogens is 1. The molecule has 2 rings (SSSR count). The standard InChI is InChI=1S/C12H17N5O2S/c1-8-3-10(5-13)4-11(9(8)2)20(18,19)16-6-12-14-7-15-17-12/h3-4,7,16H,5-6,13H2,1-2H3,(H,14,15,17). The number of benzene rings is 1. The lowest BCUT2D eigenvalue weighted by Crippen LogP contribution is -2.25. The average molecular weight is 295 g/mol. The number of nitrogens with zero attached hydrogens (tertiary/aromatic N) is 2. The van der Waals surface area contributed by atoms with Crippen LogP contribution in [0.4, 0.5) is 0 Å². The van der Waals surface area contributed by atoms with E-state index in [0.29, 0.717) is 17.9 Å². The topological polar surface area (TPSA) is 114 Å². The molecule has 1 aromatic heterocycles. The molecule has 0 aliphatic carbocycles. The van der Waals surface area contributed by atoms with Crippen molar-refractivity contribution in [3.05, 3.63) is 41.0 Å². The Kier molecular flexibility index (Phi) is 4.17. The van der Waals surface area contributed by atoms with Gasteiger partial charge >= 0.3 is 0 Å². The molecule has 20 heavy (non-hydrogen) atoms. The van der Waals surface area contributed by atoms with Gasteiger partial charge in [0.1, 0.15) is 12.2 Å². The number of aromatic amines is 1. The predicted molar refractivity (Wildman–Crippen MR) is 74.2 cm³/mol. The summed E-state index contributed by atoms with van der Waals surface area (Å²) in [7, 11) is -3.62. The first-order valence-corrected chi connectivity index (χ1v) is 7.56. The van der Waals surface area contributed by atoms with Crippen molar-refractivity contribution in [2.45, 2.75) is 31.8 Å². The van der Waals surface area contributed by atoms with E-state index in [1.807, 2.05) is 13.0 Å².